The van der Waals surface area contributed by atoms with Gasteiger partial charge >= 0.3 is 0 Å². The van der Waals surface area contributed by atoms with E-state index in [1.165, 1.54) is 4.90 Å². The van der Waals surface area contributed by atoms with Gasteiger partial charge in [0.2, 0.25) is 0 Å². The van der Waals surface area contributed by atoms with Gasteiger partial charge in [-0.1, -0.05) is 37.8 Å². The van der Waals surface area contributed by atoms with Crippen LogP contribution in [0.2, 0.25) is 0 Å². The predicted molar refractivity (Wildman–Crippen MR) is 147 cm³/mol. The maximum atomic E-state index is 13.6. The molecule has 4 rings (SSSR count). The Bertz CT molecular complexity index is 1510. The van der Waals surface area contributed by atoms with E-state index in [0.717, 1.165) is 22.6 Å². The molecular weight excluding hydrogens is 476 g/mol. The number of ether oxygens (including phenoxy) is 1. The molecule has 1 aliphatic rings. The van der Waals surface area contributed by atoms with E-state index in [2.05, 4.69) is 6.58 Å². The third-order valence-corrected chi connectivity index (χ3v) is 6.69. The topological polar surface area (TPSA) is 88.2 Å². The molecular formula is C31H30N4O3. The van der Waals surface area contributed by atoms with Crippen LogP contribution < -0.4 is 4.74 Å². The first-order valence-electron chi connectivity index (χ1n) is 12.5. The van der Waals surface area contributed by atoms with Gasteiger partial charge in [-0.25, -0.2) is 4.68 Å². The smallest absolute Gasteiger partial charge is 0.271 e. The van der Waals surface area contributed by atoms with E-state index in [1.54, 1.807) is 30.7 Å². The molecule has 1 unspecified atom stereocenters. The monoisotopic (exact) mass is 506 g/mol. The van der Waals surface area contributed by atoms with Crippen LogP contribution in [0.25, 0.3) is 23.0 Å². The second-order valence-corrected chi connectivity index (χ2v) is 9.20. The highest BCUT2D eigenvalue weighted by molar-refractivity contribution is 6.20. The zero-order valence-electron chi connectivity index (χ0n) is 22.1. The summed E-state index contributed by atoms with van der Waals surface area (Å²) in [5.74, 6) is -0.243. The minimum absolute atomic E-state index is 0.0203. The van der Waals surface area contributed by atoms with Crippen LogP contribution in [0, 0.1) is 18.3 Å². The molecule has 1 aromatic heterocycles. The highest BCUT2D eigenvalue weighted by Gasteiger charge is 2.37. The quantitative estimate of drug-likeness (QED) is 0.219. The number of aryl methyl sites for hydroxylation is 1. The van der Waals surface area contributed by atoms with Crippen molar-refractivity contribution in [3.05, 3.63) is 95.2 Å². The van der Waals surface area contributed by atoms with Crippen molar-refractivity contribution in [2.24, 2.45) is 0 Å². The summed E-state index contributed by atoms with van der Waals surface area (Å²) in [6.45, 7) is 11.4. The van der Waals surface area contributed by atoms with Crippen LogP contribution in [0.15, 0.2) is 84.1 Å². The van der Waals surface area contributed by atoms with Crippen molar-refractivity contribution in [1.29, 1.82) is 5.26 Å². The van der Waals surface area contributed by atoms with Crippen molar-refractivity contribution in [2.75, 3.05) is 6.61 Å². The summed E-state index contributed by atoms with van der Waals surface area (Å²) < 4.78 is 7.45. The third-order valence-electron chi connectivity index (χ3n) is 6.69. The molecule has 3 aromatic rings. The molecule has 0 radical (unpaired) electrons. The SMILES string of the molecule is C=CCOc1ccc(-c2nn(-c3ccccc3)cc2/C=C2/C(=O)N(C(C)CC)C(=O)C(C#N)=C2C)c(C)c1. The van der Waals surface area contributed by atoms with Crippen molar-refractivity contribution in [3.8, 4) is 28.8 Å². The molecule has 7 nitrogen and oxygen atoms in total. The van der Waals surface area contributed by atoms with Crippen LogP contribution >= 0.6 is 0 Å². The van der Waals surface area contributed by atoms with Crippen LogP contribution in [0.3, 0.4) is 0 Å². The second-order valence-electron chi connectivity index (χ2n) is 9.20. The number of amides is 2. The summed E-state index contributed by atoms with van der Waals surface area (Å²) in [5, 5.41) is 14.6. The first-order chi connectivity index (χ1) is 18.3. The lowest BCUT2D eigenvalue weighted by molar-refractivity contribution is -0.142. The minimum Gasteiger partial charge on any atom is -0.490 e. The van der Waals surface area contributed by atoms with E-state index >= 15 is 0 Å². The van der Waals surface area contributed by atoms with Gasteiger partial charge in [-0.05, 0) is 74.7 Å². The van der Waals surface area contributed by atoms with Gasteiger partial charge in [-0.3, -0.25) is 14.5 Å². The van der Waals surface area contributed by atoms with Gasteiger partial charge < -0.3 is 4.74 Å². The molecule has 0 saturated carbocycles. The normalized spacial score (nSPS) is 15.6. The Hall–Kier alpha value is -4.70. The summed E-state index contributed by atoms with van der Waals surface area (Å²) in [7, 11) is 0. The summed E-state index contributed by atoms with van der Waals surface area (Å²) in [4.78, 5) is 27.7. The molecule has 7 heteroatoms. The molecule has 0 saturated heterocycles. The average molecular weight is 507 g/mol. The van der Waals surface area contributed by atoms with Gasteiger partial charge in [0.15, 0.2) is 0 Å². The van der Waals surface area contributed by atoms with Gasteiger partial charge in [0.25, 0.3) is 11.8 Å². The summed E-state index contributed by atoms with van der Waals surface area (Å²) in [6.07, 6.45) is 5.87. The zero-order valence-corrected chi connectivity index (χ0v) is 22.1. The van der Waals surface area contributed by atoms with Crippen LogP contribution in [0.1, 0.15) is 38.3 Å². The second kappa shape index (κ2) is 11.1. The molecule has 2 heterocycles. The third kappa shape index (κ3) is 4.94. The molecule has 0 bridgehead atoms. The Balaban J connectivity index is 1.92. The number of hydrogen-bond acceptors (Lipinski definition) is 5. The van der Waals surface area contributed by atoms with E-state index < -0.39 is 11.8 Å². The number of benzene rings is 2. The number of aromatic nitrogens is 2. The lowest BCUT2D eigenvalue weighted by atomic mass is 9.92. The summed E-state index contributed by atoms with van der Waals surface area (Å²) in [6, 6.07) is 17.1. The van der Waals surface area contributed by atoms with Crippen LogP contribution in [-0.2, 0) is 9.59 Å². The molecule has 2 amide bonds. The summed E-state index contributed by atoms with van der Waals surface area (Å²) in [5.41, 5.74) is 4.68. The van der Waals surface area contributed by atoms with Gasteiger partial charge in [-0.2, -0.15) is 10.4 Å². The van der Waals surface area contributed by atoms with Crippen LogP contribution in [-0.4, -0.2) is 39.1 Å². The molecule has 1 atom stereocenters. The molecule has 0 spiro atoms. The Morgan fingerprint density at radius 1 is 1.13 bits per heavy atom. The molecule has 2 aromatic carbocycles. The summed E-state index contributed by atoms with van der Waals surface area (Å²) >= 11 is 0. The first kappa shape index (κ1) is 26.4. The van der Waals surface area contributed by atoms with Gasteiger partial charge in [0.1, 0.15) is 29.7 Å². The average Bonchev–Trinajstić information content (AvgIpc) is 3.34. The highest BCUT2D eigenvalue weighted by Crippen LogP contribution is 2.34. The van der Waals surface area contributed by atoms with E-state index in [0.29, 0.717) is 35.4 Å². The Labute approximate surface area is 223 Å². The number of imide groups is 1. The first-order valence-corrected chi connectivity index (χ1v) is 12.5. The number of rotatable bonds is 8. The van der Waals surface area contributed by atoms with E-state index in [1.807, 2.05) is 74.6 Å². The molecule has 1 aliphatic heterocycles. The Morgan fingerprint density at radius 2 is 1.87 bits per heavy atom. The van der Waals surface area contributed by atoms with Crippen molar-refractivity contribution in [1.82, 2.24) is 14.7 Å². The fourth-order valence-electron chi connectivity index (χ4n) is 4.40. The molecule has 0 fully saturated rings. The maximum absolute atomic E-state index is 13.6. The van der Waals surface area contributed by atoms with Crippen LogP contribution in [0.5, 0.6) is 5.75 Å². The Morgan fingerprint density at radius 3 is 2.50 bits per heavy atom. The van der Waals surface area contributed by atoms with E-state index in [-0.39, 0.29) is 11.6 Å². The maximum Gasteiger partial charge on any atom is 0.271 e. The largest absolute Gasteiger partial charge is 0.490 e. The lowest BCUT2D eigenvalue weighted by Gasteiger charge is -2.31. The number of hydrogen-bond donors (Lipinski definition) is 0. The van der Waals surface area contributed by atoms with Gasteiger partial charge in [0, 0.05) is 28.9 Å². The number of carbonyl (C=O) groups excluding carboxylic acids is 2. The van der Waals surface area contributed by atoms with Crippen LogP contribution in [0.4, 0.5) is 0 Å². The minimum atomic E-state index is -0.548. The standard InChI is InChI=1S/C31H30N4O3/c1-6-15-38-25-13-14-26(20(3)16-25)29-23(19-34(33-29)24-11-9-8-10-12-24)17-27-22(5)28(18-32)31(37)35(30(27)36)21(4)7-2/h6,8-14,16-17,19,21H,1,7,15H2,2-5H3/b27-17+. The van der Waals surface area contributed by atoms with Crippen molar-refractivity contribution in [2.45, 2.75) is 40.2 Å². The van der Waals surface area contributed by atoms with Gasteiger partial charge in [-0.15, -0.1) is 0 Å². The fraction of sp³-hybridized carbons (Fsp3) is 0.226. The zero-order chi connectivity index (χ0) is 27.4. The van der Waals surface area contributed by atoms with Crippen molar-refractivity contribution >= 4 is 17.9 Å². The molecule has 38 heavy (non-hydrogen) atoms. The predicted octanol–water partition coefficient (Wildman–Crippen LogP) is 5.80. The molecule has 192 valence electrons. The van der Waals surface area contributed by atoms with Crippen molar-refractivity contribution in [3.63, 3.8) is 0 Å². The number of nitrogens with zero attached hydrogens (tertiary/aromatic N) is 4. The van der Waals surface area contributed by atoms with E-state index in [4.69, 9.17) is 9.84 Å². The highest BCUT2D eigenvalue weighted by atomic mass is 16.5. The van der Waals surface area contributed by atoms with Crippen molar-refractivity contribution < 1.29 is 14.3 Å². The van der Waals surface area contributed by atoms with E-state index in [9.17, 15) is 14.9 Å². The van der Waals surface area contributed by atoms with Gasteiger partial charge in [0.05, 0.1) is 5.69 Å². The fourth-order valence-corrected chi connectivity index (χ4v) is 4.40. The number of para-hydroxylation sites is 1. The molecule has 0 N–H and O–H groups in total. The Kier molecular flexibility index (Phi) is 7.73. The number of carbonyl (C=O) groups is 2. The lowest BCUT2D eigenvalue weighted by Crippen LogP contribution is -2.47. The molecule has 0 aliphatic carbocycles. The number of nitriles is 1.